The predicted octanol–water partition coefficient (Wildman–Crippen LogP) is 4.87. The molecular formula is C17H23Cl2NO3. The summed E-state index contributed by atoms with van der Waals surface area (Å²) in [6, 6.07) is 4.86. The Hall–Kier alpha value is -0.970. The molecule has 1 saturated heterocycles. The standard InChI is InChI=1S/C17H23Cl2NO3/c1-16(2)8-5-9-17(3,4)20(16)23-15(21)11-22-14-7-6-12(18)10-13(14)19/h6-7,10H,5,8-9,11H2,1-4H3. The van der Waals surface area contributed by atoms with Crippen molar-refractivity contribution < 1.29 is 14.4 Å². The Balaban J connectivity index is 1.98. The average molecular weight is 360 g/mol. The molecule has 0 N–H and O–H groups in total. The van der Waals surface area contributed by atoms with Crippen molar-refractivity contribution in [2.75, 3.05) is 6.61 Å². The van der Waals surface area contributed by atoms with Crippen LogP contribution in [0.4, 0.5) is 0 Å². The van der Waals surface area contributed by atoms with Crippen molar-refractivity contribution in [2.24, 2.45) is 0 Å². The van der Waals surface area contributed by atoms with E-state index >= 15 is 0 Å². The number of rotatable bonds is 4. The third-order valence-electron chi connectivity index (χ3n) is 4.11. The third-order valence-corrected chi connectivity index (χ3v) is 4.64. The van der Waals surface area contributed by atoms with E-state index in [1.165, 1.54) is 0 Å². The number of nitrogens with zero attached hydrogens (tertiary/aromatic N) is 1. The quantitative estimate of drug-likeness (QED) is 0.768. The van der Waals surface area contributed by atoms with Crippen LogP contribution in [0.25, 0.3) is 0 Å². The van der Waals surface area contributed by atoms with Gasteiger partial charge in [-0.05, 0) is 65.2 Å². The Morgan fingerprint density at radius 1 is 1.17 bits per heavy atom. The van der Waals surface area contributed by atoms with Gasteiger partial charge in [0.25, 0.3) is 0 Å². The van der Waals surface area contributed by atoms with Crippen LogP contribution in [0.2, 0.25) is 10.0 Å². The molecule has 1 heterocycles. The molecule has 1 aliphatic rings. The summed E-state index contributed by atoms with van der Waals surface area (Å²) in [7, 11) is 0. The zero-order chi connectivity index (χ0) is 17.3. The second kappa shape index (κ2) is 6.88. The number of hydroxylamine groups is 2. The van der Waals surface area contributed by atoms with Crippen molar-refractivity contribution in [1.82, 2.24) is 5.06 Å². The normalized spacial score (nSPS) is 20.1. The van der Waals surface area contributed by atoms with Gasteiger partial charge >= 0.3 is 5.97 Å². The summed E-state index contributed by atoms with van der Waals surface area (Å²) >= 11 is 11.9. The van der Waals surface area contributed by atoms with Crippen LogP contribution in [-0.2, 0) is 9.63 Å². The van der Waals surface area contributed by atoms with Crippen LogP contribution in [0.15, 0.2) is 18.2 Å². The average Bonchev–Trinajstić information content (AvgIpc) is 2.41. The van der Waals surface area contributed by atoms with Gasteiger partial charge in [0.1, 0.15) is 5.75 Å². The second-order valence-corrected chi connectivity index (χ2v) is 7.94. The van der Waals surface area contributed by atoms with E-state index in [0.717, 1.165) is 19.3 Å². The Labute approximate surface area is 147 Å². The highest BCUT2D eigenvalue weighted by atomic mass is 35.5. The van der Waals surface area contributed by atoms with Gasteiger partial charge in [-0.2, -0.15) is 0 Å². The van der Waals surface area contributed by atoms with E-state index in [0.29, 0.717) is 15.8 Å². The molecule has 1 aliphatic heterocycles. The van der Waals surface area contributed by atoms with Gasteiger partial charge in [-0.1, -0.05) is 23.2 Å². The lowest BCUT2D eigenvalue weighted by Crippen LogP contribution is -2.59. The van der Waals surface area contributed by atoms with E-state index in [1.54, 1.807) is 23.3 Å². The Morgan fingerprint density at radius 2 is 1.78 bits per heavy atom. The maximum absolute atomic E-state index is 12.2. The Kier molecular flexibility index (Phi) is 5.49. The number of halogens is 2. The van der Waals surface area contributed by atoms with Gasteiger partial charge in [0.15, 0.2) is 6.61 Å². The molecule has 1 aromatic rings. The molecule has 0 saturated carbocycles. The summed E-state index contributed by atoms with van der Waals surface area (Å²) < 4.78 is 5.44. The van der Waals surface area contributed by atoms with Crippen LogP contribution in [-0.4, -0.2) is 28.7 Å². The van der Waals surface area contributed by atoms with Gasteiger partial charge in [-0.15, -0.1) is 5.06 Å². The van der Waals surface area contributed by atoms with Crippen LogP contribution >= 0.6 is 23.2 Å². The van der Waals surface area contributed by atoms with Crippen LogP contribution in [0.3, 0.4) is 0 Å². The molecule has 0 spiro atoms. The van der Waals surface area contributed by atoms with E-state index in [2.05, 4.69) is 27.7 Å². The van der Waals surface area contributed by atoms with Crippen molar-refractivity contribution >= 4 is 29.2 Å². The highest BCUT2D eigenvalue weighted by Crippen LogP contribution is 2.38. The van der Waals surface area contributed by atoms with Crippen molar-refractivity contribution in [2.45, 2.75) is 58.0 Å². The molecule has 1 fully saturated rings. The van der Waals surface area contributed by atoms with Crippen molar-refractivity contribution in [3.8, 4) is 5.75 Å². The van der Waals surface area contributed by atoms with Gasteiger partial charge in [0, 0.05) is 5.02 Å². The molecule has 0 radical (unpaired) electrons. The van der Waals surface area contributed by atoms with Gasteiger partial charge in [-0.3, -0.25) is 0 Å². The summed E-state index contributed by atoms with van der Waals surface area (Å²) in [6.45, 7) is 8.12. The summed E-state index contributed by atoms with van der Waals surface area (Å²) in [5, 5.41) is 2.68. The minimum absolute atomic E-state index is 0.199. The number of carbonyl (C=O) groups is 1. The molecule has 1 aromatic carbocycles. The summed E-state index contributed by atoms with van der Waals surface area (Å²) in [5.41, 5.74) is -0.398. The molecular weight excluding hydrogens is 337 g/mol. The maximum atomic E-state index is 12.2. The minimum atomic E-state index is -0.445. The number of piperidine rings is 1. The van der Waals surface area contributed by atoms with E-state index in [-0.39, 0.29) is 17.7 Å². The third kappa shape index (κ3) is 4.52. The SMILES string of the molecule is CC1(C)CCCC(C)(C)N1OC(=O)COc1ccc(Cl)cc1Cl. The second-order valence-electron chi connectivity index (χ2n) is 7.10. The van der Waals surface area contributed by atoms with Gasteiger partial charge in [0.05, 0.1) is 16.1 Å². The minimum Gasteiger partial charge on any atom is -0.480 e. The largest absolute Gasteiger partial charge is 0.480 e. The molecule has 0 aliphatic carbocycles. The molecule has 2 rings (SSSR count). The van der Waals surface area contributed by atoms with Crippen molar-refractivity contribution in [1.29, 1.82) is 0 Å². The molecule has 0 aromatic heterocycles. The van der Waals surface area contributed by atoms with Gasteiger partial charge < -0.3 is 9.57 Å². The molecule has 0 bridgehead atoms. The fraction of sp³-hybridized carbons (Fsp3) is 0.588. The number of carbonyl (C=O) groups excluding carboxylic acids is 1. The molecule has 6 heteroatoms. The number of ether oxygens (including phenoxy) is 1. The van der Waals surface area contributed by atoms with Crippen LogP contribution in [0.5, 0.6) is 5.75 Å². The fourth-order valence-electron chi connectivity index (χ4n) is 3.08. The van der Waals surface area contributed by atoms with E-state index in [1.807, 2.05) is 0 Å². The zero-order valence-electron chi connectivity index (χ0n) is 14.0. The number of hydrogen-bond acceptors (Lipinski definition) is 4. The zero-order valence-corrected chi connectivity index (χ0v) is 15.5. The van der Waals surface area contributed by atoms with Crippen LogP contribution in [0.1, 0.15) is 47.0 Å². The summed E-state index contributed by atoms with van der Waals surface area (Å²) in [4.78, 5) is 17.8. The number of benzene rings is 1. The smallest absolute Gasteiger partial charge is 0.363 e. The first kappa shape index (κ1) is 18.4. The van der Waals surface area contributed by atoms with Crippen molar-refractivity contribution in [3.05, 3.63) is 28.2 Å². The Morgan fingerprint density at radius 3 is 2.35 bits per heavy atom. The van der Waals surface area contributed by atoms with E-state index < -0.39 is 5.97 Å². The fourth-order valence-corrected chi connectivity index (χ4v) is 3.54. The first-order chi connectivity index (χ1) is 10.6. The molecule has 0 amide bonds. The lowest BCUT2D eigenvalue weighted by atomic mass is 9.82. The highest BCUT2D eigenvalue weighted by Gasteiger charge is 2.44. The molecule has 0 unspecified atom stereocenters. The summed E-state index contributed by atoms with van der Waals surface area (Å²) in [6.07, 6.45) is 3.08. The number of hydrogen-bond donors (Lipinski definition) is 0. The summed E-state index contributed by atoms with van der Waals surface area (Å²) in [5.74, 6) is -0.0377. The monoisotopic (exact) mass is 359 g/mol. The van der Waals surface area contributed by atoms with Crippen LogP contribution in [0, 0.1) is 0 Å². The van der Waals surface area contributed by atoms with E-state index in [9.17, 15) is 4.79 Å². The Bertz CT molecular complexity index is 571. The maximum Gasteiger partial charge on any atom is 0.363 e. The molecule has 0 atom stereocenters. The molecule has 128 valence electrons. The predicted molar refractivity (Wildman–Crippen MR) is 91.9 cm³/mol. The van der Waals surface area contributed by atoms with Gasteiger partial charge in [-0.25, -0.2) is 4.79 Å². The first-order valence-corrected chi connectivity index (χ1v) is 8.46. The van der Waals surface area contributed by atoms with Crippen molar-refractivity contribution in [3.63, 3.8) is 0 Å². The highest BCUT2D eigenvalue weighted by molar-refractivity contribution is 6.35. The topological polar surface area (TPSA) is 38.8 Å². The first-order valence-electron chi connectivity index (χ1n) is 7.71. The lowest BCUT2D eigenvalue weighted by Gasteiger charge is -2.50. The molecule has 4 nitrogen and oxygen atoms in total. The molecule has 23 heavy (non-hydrogen) atoms. The lowest BCUT2D eigenvalue weighted by molar-refractivity contribution is -0.266. The van der Waals surface area contributed by atoms with E-state index in [4.69, 9.17) is 32.8 Å². The van der Waals surface area contributed by atoms with Gasteiger partial charge in [0.2, 0.25) is 0 Å². The van der Waals surface area contributed by atoms with Crippen LogP contribution < -0.4 is 4.74 Å².